The highest BCUT2D eigenvalue weighted by Crippen LogP contribution is 2.32. The van der Waals surface area contributed by atoms with Gasteiger partial charge in [0.1, 0.15) is 6.33 Å². The standard InChI is InChI=1S/C17H13F3N4O2/c1-10-4-12(6-13(5-10)17(18,19)20)16-22-9-24(23-16)7-14(15(21)25)11-2-3-26-8-11/h2-9H,1H3,(H2,21,25)/b14-7-. The van der Waals surface area contributed by atoms with E-state index in [9.17, 15) is 18.0 Å². The van der Waals surface area contributed by atoms with Gasteiger partial charge >= 0.3 is 6.18 Å². The van der Waals surface area contributed by atoms with Crippen LogP contribution in [0.25, 0.3) is 23.2 Å². The fraction of sp³-hybridized carbons (Fsp3) is 0.118. The van der Waals surface area contributed by atoms with Gasteiger partial charge in [0.05, 0.1) is 23.7 Å². The fourth-order valence-corrected chi connectivity index (χ4v) is 2.38. The van der Waals surface area contributed by atoms with Crippen molar-refractivity contribution in [2.45, 2.75) is 13.1 Å². The first-order valence-corrected chi connectivity index (χ1v) is 7.38. The van der Waals surface area contributed by atoms with Crippen molar-refractivity contribution >= 4 is 17.7 Å². The lowest BCUT2D eigenvalue weighted by molar-refractivity contribution is -0.137. The number of amides is 1. The second-order valence-electron chi connectivity index (χ2n) is 5.55. The second kappa shape index (κ2) is 6.51. The molecule has 26 heavy (non-hydrogen) atoms. The molecule has 0 aliphatic heterocycles. The van der Waals surface area contributed by atoms with Gasteiger partial charge in [-0.2, -0.15) is 13.2 Å². The molecular weight excluding hydrogens is 349 g/mol. The van der Waals surface area contributed by atoms with Crippen molar-refractivity contribution in [2.24, 2.45) is 5.73 Å². The molecule has 2 aromatic heterocycles. The zero-order chi connectivity index (χ0) is 18.9. The van der Waals surface area contributed by atoms with Gasteiger partial charge in [0.25, 0.3) is 5.91 Å². The molecule has 0 atom stereocenters. The molecule has 0 radical (unpaired) electrons. The molecule has 0 spiro atoms. The molecule has 3 rings (SSSR count). The maximum absolute atomic E-state index is 13.0. The zero-order valence-electron chi connectivity index (χ0n) is 13.5. The number of aryl methyl sites for hydroxylation is 1. The predicted molar refractivity (Wildman–Crippen MR) is 87.3 cm³/mol. The third kappa shape index (κ3) is 3.66. The van der Waals surface area contributed by atoms with Crippen LogP contribution < -0.4 is 5.73 Å². The van der Waals surface area contributed by atoms with Crippen molar-refractivity contribution in [1.29, 1.82) is 0 Å². The number of nitrogens with two attached hydrogens (primary N) is 1. The molecule has 9 heteroatoms. The van der Waals surface area contributed by atoms with Crippen molar-refractivity contribution in [2.75, 3.05) is 0 Å². The van der Waals surface area contributed by atoms with Crippen LogP contribution in [-0.4, -0.2) is 20.7 Å². The van der Waals surface area contributed by atoms with Crippen LogP contribution in [0.1, 0.15) is 16.7 Å². The van der Waals surface area contributed by atoms with E-state index in [-0.39, 0.29) is 17.0 Å². The summed E-state index contributed by atoms with van der Waals surface area (Å²) in [5, 5.41) is 4.10. The van der Waals surface area contributed by atoms with Gasteiger partial charge in [-0.15, -0.1) is 5.10 Å². The van der Waals surface area contributed by atoms with Crippen LogP contribution in [0, 0.1) is 6.92 Å². The maximum atomic E-state index is 13.0. The number of aromatic nitrogens is 3. The smallest absolute Gasteiger partial charge is 0.416 e. The van der Waals surface area contributed by atoms with Crippen molar-refractivity contribution in [3.05, 3.63) is 59.8 Å². The largest absolute Gasteiger partial charge is 0.472 e. The number of carbonyl (C=O) groups is 1. The lowest BCUT2D eigenvalue weighted by atomic mass is 10.1. The molecule has 0 saturated heterocycles. The van der Waals surface area contributed by atoms with Crippen LogP contribution in [0.3, 0.4) is 0 Å². The monoisotopic (exact) mass is 362 g/mol. The summed E-state index contributed by atoms with van der Waals surface area (Å²) >= 11 is 0. The Morgan fingerprint density at radius 2 is 2.08 bits per heavy atom. The summed E-state index contributed by atoms with van der Waals surface area (Å²) in [5.74, 6) is -0.621. The van der Waals surface area contributed by atoms with E-state index in [0.29, 0.717) is 11.1 Å². The summed E-state index contributed by atoms with van der Waals surface area (Å²) in [6, 6.07) is 5.11. The van der Waals surface area contributed by atoms with Crippen LogP contribution >= 0.6 is 0 Å². The van der Waals surface area contributed by atoms with Crippen molar-refractivity contribution in [1.82, 2.24) is 14.8 Å². The molecule has 2 heterocycles. The van der Waals surface area contributed by atoms with Gasteiger partial charge in [0, 0.05) is 17.3 Å². The summed E-state index contributed by atoms with van der Waals surface area (Å²) in [4.78, 5) is 15.6. The Morgan fingerprint density at radius 1 is 1.31 bits per heavy atom. The first-order valence-electron chi connectivity index (χ1n) is 7.38. The molecule has 0 saturated carbocycles. The molecule has 0 unspecified atom stereocenters. The minimum Gasteiger partial charge on any atom is -0.472 e. The van der Waals surface area contributed by atoms with E-state index in [2.05, 4.69) is 10.1 Å². The normalized spacial score (nSPS) is 12.4. The Labute approximate surface area is 145 Å². The minimum atomic E-state index is -4.47. The summed E-state index contributed by atoms with van der Waals surface area (Å²) in [6.07, 6.45) is 0.844. The van der Waals surface area contributed by atoms with E-state index in [1.807, 2.05) is 0 Å². The molecule has 0 bridgehead atoms. The molecule has 0 aliphatic carbocycles. The highest BCUT2D eigenvalue weighted by Gasteiger charge is 2.31. The molecule has 1 aromatic carbocycles. The van der Waals surface area contributed by atoms with Crippen molar-refractivity contribution < 1.29 is 22.4 Å². The summed E-state index contributed by atoms with van der Waals surface area (Å²) < 4.78 is 45.0. The zero-order valence-corrected chi connectivity index (χ0v) is 13.5. The summed E-state index contributed by atoms with van der Waals surface area (Å²) in [6.45, 7) is 1.56. The van der Waals surface area contributed by atoms with E-state index in [1.54, 1.807) is 19.1 Å². The van der Waals surface area contributed by atoms with Crippen LogP contribution in [0.4, 0.5) is 13.2 Å². The summed E-state index contributed by atoms with van der Waals surface area (Å²) in [7, 11) is 0. The first-order chi connectivity index (χ1) is 12.2. The topological polar surface area (TPSA) is 86.9 Å². The minimum absolute atomic E-state index is 0.0893. The molecule has 1 amide bonds. The van der Waals surface area contributed by atoms with E-state index < -0.39 is 17.6 Å². The number of halogens is 3. The molecular formula is C17H13F3N4O2. The number of furan rings is 1. The number of carbonyl (C=O) groups excluding carboxylic acids is 1. The van der Waals surface area contributed by atoms with Gasteiger partial charge in [0.15, 0.2) is 5.82 Å². The third-order valence-corrected chi connectivity index (χ3v) is 3.53. The highest BCUT2D eigenvalue weighted by molar-refractivity contribution is 6.22. The van der Waals surface area contributed by atoms with Crippen LogP contribution in [-0.2, 0) is 11.0 Å². The first kappa shape index (κ1) is 17.5. The van der Waals surface area contributed by atoms with E-state index in [1.165, 1.54) is 29.7 Å². The van der Waals surface area contributed by atoms with E-state index in [0.717, 1.165) is 12.1 Å². The average molecular weight is 362 g/mol. The summed E-state index contributed by atoms with van der Waals surface area (Å²) in [5.41, 5.74) is 5.78. The third-order valence-electron chi connectivity index (χ3n) is 3.53. The molecule has 3 aromatic rings. The van der Waals surface area contributed by atoms with Gasteiger partial charge < -0.3 is 10.2 Å². The molecule has 0 fully saturated rings. The predicted octanol–water partition coefficient (Wildman–Crippen LogP) is 3.35. The number of primary amides is 1. The lowest BCUT2D eigenvalue weighted by Gasteiger charge is -2.09. The number of hydrogen-bond acceptors (Lipinski definition) is 4. The number of nitrogens with zero attached hydrogens (tertiary/aromatic N) is 3. The Hall–Kier alpha value is -3.36. The maximum Gasteiger partial charge on any atom is 0.416 e. The number of hydrogen-bond donors (Lipinski definition) is 1. The van der Waals surface area contributed by atoms with Crippen molar-refractivity contribution in [3.8, 4) is 11.4 Å². The lowest BCUT2D eigenvalue weighted by Crippen LogP contribution is -2.13. The molecule has 134 valence electrons. The second-order valence-corrected chi connectivity index (χ2v) is 5.55. The van der Waals surface area contributed by atoms with Gasteiger partial charge in [-0.25, -0.2) is 9.67 Å². The molecule has 0 aliphatic rings. The van der Waals surface area contributed by atoms with Crippen LogP contribution in [0.2, 0.25) is 0 Å². The van der Waals surface area contributed by atoms with Crippen molar-refractivity contribution in [3.63, 3.8) is 0 Å². The van der Waals surface area contributed by atoms with Gasteiger partial charge in [-0.05, 0) is 36.8 Å². The van der Waals surface area contributed by atoms with Crippen LogP contribution in [0.15, 0.2) is 47.5 Å². The number of benzene rings is 1. The fourth-order valence-electron chi connectivity index (χ4n) is 2.38. The van der Waals surface area contributed by atoms with E-state index in [4.69, 9.17) is 10.2 Å². The highest BCUT2D eigenvalue weighted by atomic mass is 19.4. The Morgan fingerprint density at radius 3 is 2.69 bits per heavy atom. The quantitative estimate of drug-likeness (QED) is 0.721. The van der Waals surface area contributed by atoms with E-state index >= 15 is 0 Å². The number of alkyl halides is 3. The number of rotatable bonds is 4. The Balaban J connectivity index is 1.99. The molecule has 6 nitrogen and oxygen atoms in total. The van der Waals surface area contributed by atoms with Gasteiger partial charge in [-0.1, -0.05) is 0 Å². The van der Waals surface area contributed by atoms with Gasteiger partial charge in [0.2, 0.25) is 0 Å². The molecule has 2 N–H and O–H groups in total. The SMILES string of the molecule is Cc1cc(-c2ncn(/C=C(\C(N)=O)c3ccoc3)n2)cc(C(F)(F)F)c1. The van der Waals surface area contributed by atoms with Crippen LogP contribution in [0.5, 0.6) is 0 Å². The Bertz CT molecular complexity index is 972. The average Bonchev–Trinajstić information content (AvgIpc) is 3.22. The van der Waals surface area contributed by atoms with Gasteiger partial charge in [-0.3, -0.25) is 4.79 Å². The Kier molecular flexibility index (Phi) is 4.37.